The van der Waals surface area contributed by atoms with E-state index in [2.05, 4.69) is 10.6 Å². The highest BCUT2D eigenvalue weighted by molar-refractivity contribution is 7.89. The van der Waals surface area contributed by atoms with Crippen LogP contribution in [0.4, 0.5) is 16.2 Å². The minimum atomic E-state index is -3.80. The first kappa shape index (κ1) is 22.4. The average molecular weight is 479 g/mol. The van der Waals surface area contributed by atoms with Gasteiger partial charge in [0.05, 0.1) is 10.6 Å². The molecule has 3 amide bonds. The van der Waals surface area contributed by atoms with Crippen LogP contribution in [0.15, 0.2) is 41.3 Å². The molecule has 0 unspecified atom stereocenters. The van der Waals surface area contributed by atoms with Crippen LogP contribution in [-0.2, 0) is 14.8 Å². The number of nitrogens with zero attached hydrogens (tertiary/aromatic N) is 2. The number of rotatable bonds is 3. The molecule has 1 saturated heterocycles. The van der Waals surface area contributed by atoms with Crippen LogP contribution in [0.1, 0.15) is 12.5 Å². The summed E-state index contributed by atoms with van der Waals surface area (Å²) in [5.41, 5.74) is 1.82. The minimum absolute atomic E-state index is 0.0576. The number of sulfonamides is 1. The van der Waals surface area contributed by atoms with Crippen LogP contribution in [0.25, 0.3) is 0 Å². The Balaban J connectivity index is 1.42. The van der Waals surface area contributed by atoms with E-state index < -0.39 is 16.1 Å². The molecule has 11 heteroatoms. The molecule has 0 aromatic heterocycles. The number of amides is 3. The van der Waals surface area contributed by atoms with E-state index in [1.54, 1.807) is 24.0 Å². The summed E-state index contributed by atoms with van der Waals surface area (Å²) in [5, 5.41) is 6.01. The van der Waals surface area contributed by atoms with Gasteiger partial charge in [-0.1, -0.05) is 17.7 Å². The number of ether oxygens (including phenoxy) is 1. The third-order valence-corrected chi connectivity index (χ3v) is 7.62. The topological polar surface area (TPSA) is 108 Å². The summed E-state index contributed by atoms with van der Waals surface area (Å²) in [5.74, 6) is 0.0930. The summed E-state index contributed by atoms with van der Waals surface area (Å²) in [6.07, 6.45) is -0.639. The number of hydrogen-bond acceptors (Lipinski definition) is 5. The standard InChI is InChI=1S/C21H23ClN4O5S/c1-13-3-4-15(22)11-17(13)24-21(28)25-7-9-26(10-8-25)32(29,30)16-5-6-19-18(12-16)23-20(27)14(2)31-19/h3-6,11-12,14H,7-10H2,1-2H3,(H,23,27)(H,24,28)/t14-/m0/s1. The van der Waals surface area contributed by atoms with Crippen molar-refractivity contribution in [3.05, 3.63) is 47.0 Å². The lowest BCUT2D eigenvalue weighted by molar-refractivity contribution is -0.122. The zero-order chi connectivity index (χ0) is 23.0. The van der Waals surface area contributed by atoms with Gasteiger partial charge in [0.15, 0.2) is 6.10 Å². The number of aryl methyl sites for hydroxylation is 1. The zero-order valence-electron chi connectivity index (χ0n) is 17.6. The van der Waals surface area contributed by atoms with Crippen LogP contribution >= 0.6 is 11.6 Å². The molecule has 1 atom stereocenters. The number of piperazine rings is 1. The Labute approximate surface area is 191 Å². The molecule has 0 saturated carbocycles. The van der Waals surface area contributed by atoms with Gasteiger partial charge in [0.1, 0.15) is 5.75 Å². The quantitative estimate of drug-likeness (QED) is 0.705. The third-order valence-electron chi connectivity index (χ3n) is 5.49. The normalized spacial score (nSPS) is 19.0. The second kappa shape index (κ2) is 8.61. The Hall–Kier alpha value is -2.82. The largest absolute Gasteiger partial charge is 0.479 e. The van der Waals surface area contributed by atoms with E-state index in [1.807, 2.05) is 13.0 Å². The highest BCUT2D eigenvalue weighted by Crippen LogP contribution is 2.33. The van der Waals surface area contributed by atoms with Gasteiger partial charge in [0.25, 0.3) is 5.91 Å². The Morgan fingerprint density at radius 3 is 2.59 bits per heavy atom. The van der Waals surface area contributed by atoms with Crippen LogP contribution in [0.5, 0.6) is 5.75 Å². The van der Waals surface area contributed by atoms with Crippen molar-refractivity contribution in [2.45, 2.75) is 24.8 Å². The lowest BCUT2D eigenvalue weighted by Crippen LogP contribution is -2.51. The lowest BCUT2D eigenvalue weighted by atomic mass is 10.2. The van der Waals surface area contributed by atoms with Crippen molar-refractivity contribution >= 4 is 44.9 Å². The summed E-state index contributed by atoms with van der Waals surface area (Å²) in [7, 11) is -3.80. The molecule has 2 aliphatic heterocycles. The summed E-state index contributed by atoms with van der Waals surface area (Å²) in [6.45, 7) is 4.28. The fraction of sp³-hybridized carbons (Fsp3) is 0.333. The molecule has 0 spiro atoms. The molecule has 0 radical (unpaired) electrons. The number of benzene rings is 2. The molecule has 170 valence electrons. The highest BCUT2D eigenvalue weighted by Gasteiger charge is 2.32. The Morgan fingerprint density at radius 1 is 1.16 bits per heavy atom. The smallest absolute Gasteiger partial charge is 0.321 e. The van der Waals surface area contributed by atoms with E-state index in [0.717, 1.165) is 5.56 Å². The predicted molar refractivity (Wildman–Crippen MR) is 121 cm³/mol. The van der Waals surface area contributed by atoms with Crippen LogP contribution in [-0.4, -0.2) is 61.8 Å². The van der Waals surface area contributed by atoms with Gasteiger partial charge in [0.2, 0.25) is 10.0 Å². The van der Waals surface area contributed by atoms with Crippen molar-refractivity contribution in [2.24, 2.45) is 0 Å². The van der Waals surface area contributed by atoms with E-state index in [4.69, 9.17) is 16.3 Å². The predicted octanol–water partition coefficient (Wildman–Crippen LogP) is 2.91. The molecule has 2 aliphatic rings. The summed E-state index contributed by atoms with van der Waals surface area (Å²) < 4.78 is 33.0. The Morgan fingerprint density at radius 2 is 1.88 bits per heavy atom. The van der Waals surface area contributed by atoms with Gasteiger partial charge in [-0.2, -0.15) is 4.31 Å². The maximum atomic E-state index is 13.1. The molecule has 0 bridgehead atoms. The van der Waals surface area contributed by atoms with E-state index in [1.165, 1.54) is 22.5 Å². The average Bonchev–Trinajstić information content (AvgIpc) is 2.76. The van der Waals surface area contributed by atoms with Crippen molar-refractivity contribution in [3.63, 3.8) is 0 Å². The molecule has 9 nitrogen and oxygen atoms in total. The number of fused-ring (bicyclic) bond motifs is 1. The first-order valence-corrected chi connectivity index (χ1v) is 11.9. The number of hydrogen-bond donors (Lipinski definition) is 2. The van der Waals surface area contributed by atoms with Gasteiger partial charge < -0.3 is 20.3 Å². The molecular weight excluding hydrogens is 456 g/mol. The maximum Gasteiger partial charge on any atom is 0.321 e. The van der Waals surface area contributed by atoms with E-state index in [-0.39, 0.29) is 43.0 Å². The summed E-state index contributed by atoms with van der Waals surface area (Å²) >= 11 is 6.00. The van der Waals surface area contributed by atoms with Crippen LogP contribution in [0.3, 0.4) is 0 Å². The molecule has 32 heavy (non-hydrogen) atoms. The molecule has 2 aromatic carbocycles. The van der Waals surface area contributed by atoms with E-state index in [9.17, 15) is 18.0 Å². The first-order valence-electron chi connectivity index (χ1n) is 10.1. The second-order valence-electron chi connectivity index (χ2n) is 7.69. The van der Waals surface area contributed by atoms with Gasteiger partial charge in [-0.25, -0.2) is 13.2 Å². The van der Waals surface area contributed by atoms with Crippen LogP contribution in [0, 0.1) is 6.92 Å². The van der Waals surface area contributed by atoms with Gasteiger partial charge in [-0.3, -0.25) is 4.79 Å². The van der Waals surface area contributed by atoms with Crippen molar-refractivity contribution in [1.29, 1.82) is 0 Å². The van der Waals surface area contributed by atoms with Gasteiger partial charge in [0, 0.05) is 36.9 Å². The number of urea groups is 1. The summed E-state index contributed by atoms with van der Waals surface area (Å²) in [4.78, 5) is 26.1. The molecule has 1 fully saturated rings. The van der Waals surface area contributed by atoms with Crippen LogP contribution in [0.2, 0.25) is 5.02 Å². The maximum absolute atomic E-state index is 13.1. The molecule has 2 N–H and O–H groups in total. The van der Waals surface area contributed by atoms with E-state index in [0.29, 0.717) is 22.1 Å². The Bertz CT molecular complexity index is 1180. The fourth-order valence-electron chi connectivity index (χ4n) is 3.55. The fourth-order valence-corrected chi connectivity index (χ4v) is 5.17. The number of nitrogens with one attached hydrogen (secondary N) is 2. The third kappa shape index (κ3) is 4.38. The molecule has 2 heterocycles. The molecule has 0 aliphatic carbocycles. The minimum Gasteiger partial charge on any atom is -0.479 e. The number of halogens is 1. The van der Waals surface area contributed by atoms with Gasteiger partial charge in [-0.05, 0) is 49.7 Å². The molecular formula is C21H23ClN4O5S. The van der Waals surface area contributed by atoms with Crippen molar-refractivity contribution in [2.75, 3.05) is 36.8 Å². The second-order valence-corrected chi connectivity index (χ2v) is 10.1. The number of carbonyl (C=O) groups is 2. The van der Waals surface area contributed by atoms with Crippen molar-refractivity contribution in [3.8, 4) is 5.75 Å². The number of carbonyl (C=O) groups excluding carboxylic acids is 2. The first-order chi connectivity index (χ1) is 15.1. The monoisotopic (exact) mass is 478 g/mol. The highest BCUT2D eigenvalue weighted by atomic mass is 35.5. The summed E-state index contributed by atoms with van der Waals surface area (Å²) in [6, 6.07) is 9.32. The molecule has 4 rings (SSSR count). The Kier molecular flexibility index (Phi) is 6.02. The lowest BCUT2D eigenvalue weighted by Gasteiger charge is -2.34. The van der Waals surface area contributed by atoms with Gasteiger partial charge >= 0.3 is 6.03 Å². The van der Waals surface area contributed by atoms with E-state index >= 15 is 0 Å². The number of anilines is 2. The molecule has 2 aromatic rings. The SMILES string of the molecule is Cc1ccc(Cl)cc1NC(=O)N1CCN(S(=O)(=O)c2ccc3c(c2)NC(=O)[C@H](C)O3)CC1. The van der Waals surface area contributed by atoms with Crippen molar-refractivity contribution in [1.82, 2.24) is 9.21 Å². The van der Waals surface area contributed by atoms with Crippen LogP contribution < -0.4 is 15.4 Å². The zero-order valence-corrected chi connectivity index (χ0v) is 19.2. The van der Waals surface area contributed by atoms with Gasteiger partial charge in [-0.15, -0.1) is 0 Å². The van der Waals surface area contributed by atoms with Crippen molar-refractivity contribution < 1.29 is 22.7 Å².